The van der Waals surface area contributed by atoms with E-state index in [2.05, 4.69) is 31.0 Å². The zero-order valence-electron chi connectivity index (χ0n) is 7.22. The highest BCUT2D eigenvalue weighted by Crippen LogP contribution is 2.07. The average molecular weight is 142 g/mol. The summed E-state index contributed by atoms with van der Waals surface area (Å²) in [4.78, 5) is 2.54. The third kappa shape index (κ3) is 1.50. The lowest BCUT2D eigenvalue weighted by Gasteiger charge is -2.38. The largest absolute Gasteiger partial charge is 0.314 e. The number of piperazine rings is 1. The molecule has 0 saturated carbocycles. The van der Waals surface area contributed by atoms with E-state index in [1.54, 1.807) is 0 Å². The summed E-state index contributed by atoms with van der Waals surface area (Å²) < 4.78 is 0. The third-order valence-electron chi connectivity index (χ3n) is 2.38. The summed E-state index contributed by atoms with van der Waals surface area (Å²) in [5.74, 6) is 0. The highest BCUT2D eigenvalue weighted by molar-refractivity contribution is 4.81. The van der Waals surface area contributed by atoms with Crippen molar-refractivity contribution < 1.29 is 0 Å². The Bertz CT molecular complexity index is 93.4. The smallest absolute Gasteiger partial charge is 0.0195 e. The van der Waals surface area contributed by atoms with E-state index in [-0.39, 0.29) is 0 Å². The molecule has 2 nitrogen and oxygen atoms in total. The predicted octanol–water partition coefficient (Wildman–Crippen LogP) is 0.689. The van der Waals surface area contributed by atoms with Crippen molar-refractivity contribution in [2.75, 3.05) is 19.6 Å². The van der Waals surface area contributed by atoms with Crippen molar-refractivity contribution >= 4 is 0 Å². The van der Waals surface area contributed by atoms with E-state index in [1.165, 1.54) is 6.54 Å². The van der Waals surface area contributed by atoms with Crippen LogP contribution in [0.4, 0.5) is 0 Å². The molecular formula is C8H18N2. The molecule has 10 heavy (non-hydrogen) atoms. The van der Waals surface area contributed by atoms with Crippen molar-refractivity contribution in [1.82, 2.24) is 10.2 Å². The summed E-state index contributed by atoms with van der Waals surface area (Å²) in [5, 5.41) is 3.41. The summed E-state index contributed by atoms with van der Waals surface area (Å²) >= 11 is 0. The fourth-order valence-electron chi connectivity index (χ4n) is 1.79. The average Bonchev–Trinajstić information content (AvgIpc) is 1.88. The van der Waals surface area contributed by atoms with Gasteiger partial charge in [0.1, 0.15) is 0 Å². The molecule has 0 amide bonds. The Labute approximate surface area is 63.6 Å². The zero-order valence-corrected chi connectivity index (χ0v) is 7.22. The molecule has 1 aliphatic heterocycles. The van der Waals surface area contributed by atoms with Gasteiger partial charge < -0.3 is 5.32 Å². The monoisotopic (exact) mass is 142 g/mol. The van der Waals surface area contributed by atoms with E-state index < -0.39 is 0 Å². The van der Waals surface area contributed by atoms with Gasteiger partial charge in [0.2, 0.25) is 0 Å². The van der Waals surface area contributed by atoms with Gasteiger partial charge in [-0.3, -0.25) is 4.90 Å². The lowest BCUT2D eigenvalue weighted by molar-refractivity contribution is 0.124. The van der Waals surface area contributed by atoms with Crippen LogP contribution in [0.5, 0.6) is 0 Å². The first kappa shape index (κ1) is 8.02. The molecular weight excluding hydrogens is 124 g/mol. The maximum Gasteiger partial charge on any atom is 0.0195 e. The number of rotatable bonds is 1. The van der Waals surface area contributed by atoms with Crippen LogP contribution < -0.4 is 5.32 Å². The van der Waals surface area contributed by atoms with Gasteiger partial charge in [-0.15, -0.1) is 0 Å². The Hall–Kier alpha value is -0.0800. The first-order valence-electron chi connectivity index (χ1n) is 4.22. The fraction of sp³-hybridized carbons (Fsp3) is 1.00. The topological polar surface area (TPSA) is 15.3 Å². The molecule has 2 unspecified atom stereocenters. The Morgan fingerprint density at radius 3 is 2.10 bits per heavy atom. The van der Waals surface area contributed by atoms with Gasteiger partial charge in [0.05, 0.1) is 0 Å². The molecule has 0 radical (unpaired) electrons. The van der Waals surface area contributed by atoms with Crippen molar-refractivity contribution in [2.45, 2.75) is 32.9 Å². The Morgan fingerprint density at radius 1 is 1.30 bits per heavy atom. The second-order valence-corrected chi connectivity index (χ2v) is 3.19. The molecule has 0 aliphatic carbocycles. The normalized spacial score (nSPS) is 36.3. The molecule has 0 spiro atoms. The van der Waals surface area contributed by atoms with Crippen molar-refractivity contribution in [3.8, 4) is 0 Å². The second-order valence-electron chi connectivity index (χ2n) is 3.19. The summed E-state index contributed by atoms with van der Waals surface area (Å²) in [6, 6.07) is 1.43. The number of nitrogens with zero attached hydrogens (tertiary/aromatic N) is 1. The lowest BCUT2D eigenvalue weighted by atomic mass is 10.1. The summed E-state index contributed by atoms with van der Waals surface area (Å²) in [5.41, 5.74) is 0. The van der Waals surface area contributed by atoms with Crippen LogP contribution in [0, 0.1) is 0 Å². The van der Waals surface area contributed by atoms with Gasteiger partial charge in [-0.05, 0) is 20.4 Å². The molecule has 1 N–H and O–H groups in total. The van der Waals surface area contributed by atoms with Crippen LogP contribution in [0.3, 0.4) is 0 Å². The minimum Gasteiger partial charge on any atom is -0.314 e. The molecule has 1 rings (SSSR count). The molecule has 1 aliphatic rings. The quantitative estimate of drug-likeness (QED) is 0.579. The van der Waals surface area contributed by atoms with Gasteiger partial charge in [-0.2, -0.15) is 0 Å². The molecule has 0 bridgehead atoms. The van der Waals surface area contributed by atoms with Crippen LogP contribution in [0.1, 0.15) is 20.8 Å². The maximum absolute atomic E-state index is 3.41. The van der Waals surface area contributed by atoms with Gasteiger partial charge in [-0.25, -0.2) is 0 Å². The Kier molecular flexibility index (Phi) is 2.69. The molecule has 60 valence electrons. The fourth-order valence-corrected chi connectivity index (χ4v) is 1.79. The van der Waals surface area contributed by atoms with Crippen LogP contribution in [-0.2, 0) is 0 Å². The van der Waals surface area contributed by atoms with E-state index in [4.69, 9.17) is 0 Å². The van der Waals surface area contributed by atoms with Crippen LogP contribution >= 0.6 is 0 Å². The van der Waals surface area contributed by atoms with E-state index in [9.17, 15) is 0 Å². The Morgan fingerprint density at radius 2 is 1.80 bits per heavy atom. The molecule has 1 saturated heterocycles. The second kappa shape index (κ2) is 3.35. The highest BCUT2D eigenvalue weighted by atomic mass is 15.2. The van der Waals surface area contributed by atoms with Crippen LogP contribution in [0.25, 0.3) is 0 Å². The predicted molar refractivity (Wildman–Crippen MR) is 44.2 cm³/mol. The third-order valence-corrected chi connectivity index (χ3v) is 2.38. The van der Waals surface area contributed by atoms with Crippen molar-refractivity contribution in [1.29, 1.82) is 0 Å². The number of nitrogens with one attached hydrogen (secondary N) is 1. The number of hydrogen-bond donors (Lipinski definition) is 1. The highest BCUT2D eigenvalue weighted by Gasteiger charge is 2.21. The molecule has 1 fully saturated rings. The summed E-state index contributed by atoms with van der Waals surface area (Å²) in [6.07, 6.45) is 0. The molecule has 2 atom stereocenters. The summed E-state index contributed by atoms with van der Waals surface area (Å²) in [6.45, 7) is 10.3. The molecule has 2 heteroatoms. The van der Waals surface area contributed by atoms with Crippen molar-refractivity contribution in [3.63, 3.8) is 0 Å². The van der Waals surface area contributed by atoms with E-state index in [0.717, 1.165) is 13.1 Å². The summed E-state index contributed by atoms with van der Waals surface area (Å²) in [7, 11) is 0. The van der Waals surface area contributed by atoms with E-state index >= 15 is 0 Å². The van der Waals surface area contributed by atoms with Gasteiger partial charge in [0, 0.05) is 25.2 Å². The molecule has 0 aromatic carbocycles. The molecule has 1 heterocycles. The lowest BCUT2D eigenvalue weighted by Crippen LogP contribution is -2.54. The zero-order chi connectivity index (χ0) is 7.56. The van der Waals surface area contributed by atoms with E-state index in [1.807, 2.05) is 0 Å². The molecule has 0 aromatic rings. The first-order valence-corrected chi connectivity index (χ1v) is 4.22. The van der Waals surface area contributed by atoms with Crippen LogP contribution in [0.15, 0.2) is 0 Å². The van der Waals surface area contributed by atoms with Gasteiger partial charge in [-0.1, -0.05) is 6.92 Å². The standard InChI is InChI=1S/C8H18N2/c1-4-10-7(2)5-9-6-8(10)3/h7-9H,4-6H2,1-3H3. The minimum atomic E-state index is 0.716. The van der Waals surface area contributed by atoms with E-state index in [0.29, 0.717) is 12.1 Å². The van der Waals surface area contributed by atoms with Gasteiger partial charge in [0.25, 0.3) is 0 Å². The molecule has 0 aromatic heterocycles. The van der Waals surface area contributed by atoms with Crippen molar-refractivity contribution in [3.05, 3.63) is 0 Å². The van der Waals surface area contributed by atoms with Gasteiger partial charge in [0.15, 0.2) is 0 Å². The number of hydrogen-bond acceptors (Lipinski definition) is 2. The maximum atomic E-state index is 3.41. The first-order chi connectivity index (χ1) is 4.75. The van der Waals surface area contributed by atoms with Crippen LogP contribution in [-0.4, -0.2) is 36.6 Å². The number of likely N-dealkylation sites (N-methyl/N-ethyl adjacent to an activating group) is 1. The Balaban J connectivity index is 2.45. The van der Waals surface area contributed by atoms with Crippen molar-refractivity contribution in [2.24, 2.45) is 0 Å². The minimum absolute atomic E-state index is 0.716. The SMILES string of the molecule is CCN1C(C)CNCC1C. The van der Waals surface area contributed by atoms with Gasteiger partial charge >= 0.3 is 0 Å². The van der Waals surface area contributed by atoms with Crippen LogP contribution in [0.2, 0.25) is 0 Å².